The average Bonchev–Trinajstić information content (AvgIpc) is 3.18. The van der Waals surface area contributed by atoms with E-state index in [1.54, 1.807) is 27.3 Å². The van der Waals surface area contributed by atoms with E-state index in [-0.39, 0.29) is 4.90 Å². The van der Waals surface area contributed by atoms with E-state index < -0.39 is 15.9 Å². The summed E-state index contributed by atoms with van der Waals surface area (Å²) in [6, 6.07) is 9.58. The average molecular weight is 492 g/mol. The molecule has 3 rings (SSSR count). The van der Waals surface area contributed by atoms with Crippen LogP contribution in [-0.4, -0.2) is 51.0 Å². The van der Waals surface area contributed by atoms with Crippen molar-refractivity contribution < 1.29 is 22.7 Å². The van der Waals surface area contributed by atoms with Gasteiger partial charge in [-0.25, -0.2) is 12.7 Å². The molecule has 0 bridgehead atoms. The molecule has 0 fully saturated rings. The molecule has 0 atom stereocenters. The molecule has 1 aromatic heterocycles. The Balaban J connectivity index is 1.97. The van der Waals surface area contributed by atoms with E-state index in [0.29, 0.717) is 35.0 Å². The molecular formula is C23H29N3O5S2. The first-order chi connectivity index (χ1) is 15.8. The van der Waals surface area contributed by atoms with E-state index in [1.807, 2.05) is 24.5 Å². The Morgan fingerprint density at radius 2 is 1.82 bits per heavy atom. The second-order valence-electron chi connectivity index (χ2n) is 7.43. The molecule has 0 unspecified atom stereocenters. The first-order valence-corrected chi connectivity index (χ1v) is 12.9. The summed E-state index contributed by atoms with van der Waals surface area (Å²) in [5.41, 5.74) is 1.16. The second-order valence-corrected chi connectivity index (χ2v) is 10.5. The number of methoxy groups -OCH3 is 2. The van der Waals surface area contributed by atoms with Crippen LogP contribution >= 0.6 is 11.3 Å². The number of hydrogen-bond acceptors (Lipinski definition) is 6. The third kappa shape index (κ3) is 5.13. The van der Waals surface area contributed by atoms with Crippen molar-refractivity contribution in [2.24, 2.45) is 4.99 Å². The molecular weight excluding hydrogens is 462 g/mol. The number of carbonyl (C=O) groups excluding carboxylic acids is 1. The number of hydrogen-bond donors (Lipinski definition) is 0. The minimum atomic E-state index is -3.59. The van der Waals surface area contributed by atoms with Crippen molar-refractivity contribution in [1.82, 2.24) is 8.87 Å². The lowest BCUT2D eigenvalue weighted by Crippen LogP contribution is -2.27. The topological polar surface area (TPSA) is 90.2 Å². The first kappa shape index (κ1) is 24.9. The number of sulfonamides is 1. The van der Waals surface area contributed by atoms with Gasteiger partial charge in [0.05, 0.1) is 23.8 Å². The molecule has 8 nitrogen and oxygen atoms in total. The quantitative estimate of drug-likeness (QED) is 0.453. The van der Waals surface area contributed by atoms with Gasteiger partial charge < -0.3 is 14.0 Å². The van der Waals surface area contributed by atoms with Gasteiger partial charge in [0.15, 0.2) is 4.80 Å². The Morgan fingerprint density at radius 1 is 1.12 bits per heavy atom. The largest absolute Gasteiger partial charge is 0.497 e. The van der Waals surface area contributed by atoms with E-state index in [9.17, 15) is 13.2 Å². The molecule has 0 spiro atoms. The maximum absolute atomic E-state index is 12.9. The highest BCUT2D eigenvalue weighted by Crippen LogP contribution is 2.32. The molecule has 33 heavy (non-hydrogen) atoms. The van der Waals surface area contributed by atoms with E-state index >= 15 is 0 Å². The van der Waals surface area contributed by atoms with Crippen molar-refractivity contribution in [1.29, 1.82) is 0 Å². The van der Waals surface area contributed by atoms with Crippen LogP contribution in [0, 0.1) is 0 Å². The lowest BCUT2D eigenvalue weighted by molar-refractivity contribution is 0.0997. The number of aryl methyl sites for hydroxylation is 1. The monoisotopic (exact) mass is 491 g/mol. The number of ether oxygens (including phenoxy) is 2. The van der Waals surface area contributed by atoms with Crippen LogP contribution in [0.15, 0.2) is 46.3 Å². The summed E-state index contributed by atoms with van der Waals surface area (Å²) < 4.78 is 40.4. The maximum atomic E-state index is 12.9. The van der Waals surface area contributed by atoms with E-state index in [1.165, 1.54) is 39.9 Å². The van der Waals surface area contributed by atoms with E-state index in [0.717, 1.165) is 23.1 Å². The van der Waals surface area contributed by atoms with Gasteiger partial charge >= 0.3 is 0 Å². The van der Waals surface area contributed by atoms with Gasteiger partial charge in [0.25, 0.3) is 5.91 Å². The van der Waals surface area contributed by atoms with E-state index in [2.05, 4.69) is 4.99 Å². The summed E-state index contributed by atoms with van der Waals surface area (Å²) >= 11 is 1.36. The zero-order valence-electron chi connectivity index (χ0n) is 19.5. The Hall–Kier alpha value is -2.69. The molecule has 0 aliphatic heterocycles. The number of amides is 1. The van der Waals surface area contributed by atoms with Crippen LogP contribution in [0.25, 0.3) is 10.2 Å². The van der Waals surface area contributed by atoms with Crippen molar-refractivity contribution >= 4 is 37.5 Å². The van der Waals surface area contributed by atoms with Crippen LogP contribution in [0.2, 0.25) is 0 Å². The van der Waals surface area contributed by atoms with Gasteiger partial charge in [0.2, 0.25) is 10.0 Å². The van der Waals surface area contributed by atoms with Crippen LogP contribution in [0.1, 0.15) is 37.0 Å². The van der Waals surface area contributed by atoms with Crippen LogP contribution in [0.4, 0.5) is 0 Å². The highest BCUT2D eigenvalue weighted by Gasteiger charge is 2.21. The van der Waals surface area contributed by atoms with Crippen LogP contribution in [0.3, 0.4) is 0 Å². The molecule has 0 N–H and O–H groups in total. The number of thiazole rings is 1. The van der Waals surface area contributed by atoms with E-state index in [4.69, 9.17) is 9.47 Å². The van der Waals surface area contributed by atoms with Crippen molar-refractivity contribution in [2.45, 2.75) is 38.1 Å². The van der Waals surface area contributed by atoms with Crippen LogP contribution in [0.5, 0.6) is 11.5 Å². The number of carbonyl (C=O) groups is 1. The first-order valence-electron chi connectivity index (χ1n) is 10.7. The normalized spacial score (nSPS) is 12.5. The Kier molecular flexibility index (Phi) is 7.93. The minimum absolute atomic E-state index is 0.153. The molecule has 10 heteroatoms. The summed E-state index contributed by atoms with van der Waals surface area (Å²) in [4.78, 5) is 17.9. The van der Waals surface area contributed by atoms with Gasteiger partial charge in [-0.2, -0.15) is 4.99 Å². The van der Waals surface area contributed by atoms with Gasteiger partial charge in [-0.1, -0.05) is 24.7 Å². The molecule has 2 aromatic carbocycles. The molecule has 0 aliphatic carbocycles. The maximum Gasteiger partial charge on any atom is 0.279 e. The summed E-state index contributed by atoms with van der Waals surface area (Å²) in [6.07, 6.45) is 1.69. The molecule has 0 saturated heterocycles. The van der Waals surface area contributed by atoms with Crippen molar-refractivity contribution in [3.05, 3.63) is 46.8 Å². The highest BCUT2D eigenvalue weighted by molar-refractivity contribution is 7.89. The molecule has 1 heterocycles. The number of benzene rings is 2. The smallest absolute Gasteiger partial charge is 0.279 e. The minimum Gasteiger partial charge on any atom is -0.497 e. The highest BCUT2D eigenvalue weighted by atomic mass is 32.2. The summed E-state index contributed by atoms with van der Waals surface area (Å²) in [5.74, 6) is 0.846. The second kappa shape index (κ2) is 10.5. The van der Waals surface area contributed by atoms with Crippen molar-refractivity contribution in [3.63, 3.8) is 0 Å². The molecule has 178 valence electrons. The number of fused-ring (bicyclic) bond motifs is 1. The summed E-state index contributed by atoms with van der Waals surface area (Å²) in [5, 5.41) is 0. The molecule has 0 aliphatic rings. The van der Waals surface area contributed by atoms with Gasteiger partial charge in [-0.3, -0.25) is 4.79 Å². The zero-order chi connectivity index (χ0) is 24.2. The zero-order valence-corrected chi connectivity index (χ0v) is 21.1. The lowest BCUT2D eigenvalue weighted by Gasteiger charge is -2.16. The van der Waals surface area contributed by atoms with Crippen molar-refractivity contribution in [2.75, 3.05) is 27.8 Å². The van der Waals surface area contributed by atoms with Gasteiger partial charge in [0, 0.05) is 31.8 Å². The van der Waals surface area contributed by atoms with Crippen LogP contribution < -0.4 is 14.3 Å². The fourth-order valence-corrected chi connectivity index (χ4v) is 5.75. The summed E-state index contributed by atoms with van der Waals surface area (Å²) in [6.45, 7) is 5.02. The summed E-state index contributed by atoms with van der Waals surface area (Å²) in [7, 11) is 1.14. The predicted molar refractivity (Wildman–Crippen MR) is 130 cm³/mol. The number of nitrogens with zero attached hydrogens (tertiary/aromatic N) is 3. The SMILES string of the molecule is CCCCN(C)S(=O)(=O)c1ccc(C(=O)N=c2sc3cc(OC)cc(OC)c3n2CC)cc1. The van der Waals surface area contributed by atoms with Gasteiger partial charge in [-0.05, 0) is 43.7 Å². The molecule has 0 saturated carbocycles. The third-order valence-corrected chi connectivity index (χ3v) is 8.22. The molecule has 0 radical (unpaired) electrons. The number of rotatable bonds is 9. The fraction of sp³-hybridized carbons (Fsp3) is 0.391. The molecule has 1 amide bonds. The Bertz CT molecular complexity index is 1310. The number of unbranched alkanes of at least 4 members (excludes halogenated alkanes) is 1. The van der Waals surface area contributed by atoms with Gasteiger partial charge in [0.1, 0.15) is 17.0 Å². The standard InChI is InChI=1S/C23H29N3O5S2/c1-6-8-13-25(3)33(28,29)18-11-9-16(10-12-18)22(27)24-23-26(7-2)21-19(31-5)14-17(30-4)15-20(21)32-23/h9-12,14-15H,6-8,13H2,1-5H3. The fourth-order valence-electron chi connectivity index (χ4n) is 3.40. The predicted octanol–water partition coefficient (Wildman–Crippen LogP) is 3.90. The van der Waals surface area contributed by atoms with Gasteiger partial charge in [-0.15, -0.1) is 0 Å². The van der Waals surface area contributed by atoms with Crippen LogP contribution in [-0.2, 0) is 16.6 Å². The van der Waals surface area contributed by atoms with Crippen molar-refractivity contribution in [3.8, 4) is 11.5 Å². The lowest BCUT2D eigenvalue weighted by atomic mass is 10.2. The third-order valence-electron chi connectivity index (χ3n) is 5.32. The Morgan fingerprint density at radius 3 is 2.39 bits per heavy atom. The Labute approximate surface area is 198 Å². The molecule has 3 aromatic rings. The number of aromatic nitrogens is 1.